The monoisotopic (exact) mass is 460 g/mol. The molecule has 0 spiro atoms. The summed E-state index contributed by atoms with van der Waals surface area (Å²) in [6.07, 6.45) is 15.7. The summed E-state index contributed by atoms with van der Waals surface area (Å²) >= 11 is 0. The number of imidazole rings is 1. The largest absolute Gasteiger partial charge is 0.497 e. The highest BCUT2D eigenvalue weighted by Crippen LogP contribution is 2.15. The number of hydrogen-bond acceptors (Lipinski definition) is 5. The van der Waals surface area contributed by atoms with Crippen molar-refractivity contribution < 1.29 is 24.2 Å². The molecule has 7 heteroatoms. The minimum atomic E-state index is -0.967. The van der Waals surface area contributed by atoms with Crippen molar-refractivity contribution in [2.45, 2.75) is 32.4 Å². The smallest absolute Gasteiger partial charge is 0.332 e. The molecule has 0 unspecified atom stereocenters. The first kappa shape index (κ1) is 24.7. The predicted octanol–water partition coefficient (Wildman–Crippen LogP) is 4.53. The number of aryl methyl sites for hydroxylation is 1. The third kappa shape index (κ3) is 7.04. The molecule has 2 aromatic rings. The lowest BCUT2D eigenvalue weighted by atomic mass is 10.1. The van der Waals surface area contributed by atoms with Gasteiger partial charge in [-0.1, -0.05) is 24.3 Å². The summed E-state index contributed by atoms with van der Waals surface area (Å²) in [5, 5.41) is 8.87. The van der Waals surface area contributed by atoms with Crippen LogP contribution in [0.3, 0.4) is 0 Å². The molecule has 0 saturated heterocycles. The maximum absolute atomic E-state index is 12.8. The van der Waals surface area contributed by atoms with Gasteiger partial charge in [0.15, 0.2) is 11.9 Å². The van der Waals surface area contributed by atoms with Crippen molar-refractivity contribution in [1.29, 1.82) is 0 Å². The van der Waals surface area contributed by atoms with Gasteiger partial charge < -0.3 is 19.1 Å². The Hall–Kier alpha value is -3.93. The van der Waals surface area contributed by atoms with Crippen LogP contribution in [-0.2, 0) is 16.1 Å². The lowest BCUT2D eigenvalue weighted by Gasteiger charge is -2.07. The molecule has 0 fully saturated rings. The molecule has 1 aromatic heterocycles. The third-order valence-corrected chi connectivity index (χ3v) is 5.23. The molecule has 1 aromatic carbocycles. The third-order valence-electron chi connectivity index (χ3n) is 5.23. The van der Waals surface area contributed by atoms with Crippen molar-refractivity contribution in [1.82, 2.24) is 9.55 Å². The average molecular weight is 461 g/mol. The van der Waals surface area contributed by atoms with Gasteiger partial charge >= 0.3 is 5.97 Å². The maximum Gasteiger partial charge on any atom is 0.332 e. The van der Waals surface area contributed by atoms with Crippen LogP contribution in [0.2, 0.25) is 0 Å². The molecule has 1 atom stereocenters. The Labute approximate surface area is 199 Å². The Bertz CT molecular complexity index is 1160. The van der Waals surface area contributed by atoms with Gasteiger partial charge in [-0.2, -0.15) is 0 Å². The standard InChI is InChI=1S/C27H28N2O5/c1-20(27(31)32)34-19-15-22-8-5-7-21(9-10-22)6-3-4-17-29-18-16-28-26(29)25(30)23-11-13-24(33-2)14-12-23/h3,6-14,16,18,20H,4,15,17,19H2,1-2H3,(H,31,32)/b6-3+/t20-/m1/s1. The van der Waals surface area contributed by atoms with Crippen molar-refractivity contribution in [2.75, 3.05) is 13.7 Å². The van der Waals surface area contributed by atoms with Crippen LogP contribution in [0.15, 0.2) is 90.0 Å². The Balaban J connectivity index is 1.53. The van der Waals surface area contributed by atoms with Gasteiger partial charge in [0.25, 0.3) is 0 Å². The molecule has 7 nitrogen and oxygen atoms in total. The fourth-order valence-corrected chi connectivity index (χ4v) is 3.23. The molecule has 0 aliphatic heterocycles. The van der Waals surface area contributed by atoms with Crippen molar-refractivity contribution in [3.05, 3.63) is 101 Å². The summed E-state index contributed by atoms with van der Waals surface area (Å²) in [5.41, 5.74) is 5.70. The molecule has 34 heavy (non-hydrogen) atoms. The van der Waals surface area contributed by atoms with Gasteiger partial charge in [0.1, 0.15) is 5.75 Å². The number of carboxylic acid groups (broad SMARTS) is 1. The first-order chi connectivity index (χ1) is 16.5. The molecular formula is C27H28N2O5. The van der Waals surface area contributed by atoms with E-state index >= 15 is 0 Å². The zero-order valence-electron chi connectivity index (χ0n) is 19.3. The van der Waals surface area contributed by atoms with E-state index in [4.69, 9.17) is 14.6 Å². The minimum Gasteiger partial charge on any atom is -0.497 e. The maximum atomic E-state index is 12.8. The number of benzene rings is 1. The average Bonchev–Trinajstić information content (AvgIpc) is 3.20. The molecule has 1 aliphatic carbocycles. The van der Waals surface area contributed by atoms with Gasteiger partial charge in [0.05, 0.1) is 13.7 Å². The van der Waals surface area contributed by atoms with Gasteiger partial charge in [-0.05, 0) is 67.3 Å². The summed E-state index contributed by atoms with van der Waals surface area (Å²) in [6.45, 7) is 2.48. The van der Waals surface area contributed by atoms with Gasteiger partial charge in [-0.25, -0.2) is 9.78 Å². The number of aromatic nitrogens is 2. The first-order valence-corrected chi connectivity index (χ1v) is 11.0. The highest BCUT2D eigenvalue weighted by atomic mass is 16.5. The fraction of sp³-hybridized carbons (Fsp3) is 0.259. The van der Waals surface area contributed by atoms with E-state index in [1.54, 1.807) is 43.8 Å². The van der Waals surface area contributed by atoms with Crippen molar-refractivity contribution in [3.63, 3.8) is 0 Å². The minimum absolute atomic E-state index is 0.129. The van der Waals surface area contributed by atoms with Crippen LogP contribution in [-0.4, -0.2) is 46.2 Å². The number of carbonyl (C=O) groups excluding carboxylic acids is 1. The van der Waals surface area contributed by atoms with E-state index in [1.165, 1.54) is 6.92 Å². The summed E-state index contributed by atoms with van der Waals surface area (Å²) < 4.78 is 12.3. The van der Waals surface area contributed by atoms with Crippen molar-refractivity contribution >= 4 is 11.8 Å². The number of ether oxygens (including phenoxy) is 2. The van der Waals surface area contributed by atoms with Crippen molar-refractivity contribution in [3.8, 4) is 5.75 Å². The van der Waals surface area contributed by atoms with Crippen LogP contribution in [0, 0.1) is 0 Å². The van der Waals surface area contributed by atoms with Crippen molar-refractivity contribution in [2.24, 2.45) is 0 Å². The van der Waals surface area contributed by atoms with E-state index < -0.39 is 12.1 Å². The Morgan fingerprint density at radius 1 is 1.21 bits per heavy atom. The van der Waals surface area contributed by atoms with Gasteiger partial charge in [-0.3, -0.25) is 4.79 Å². The van der Waals surface area contributed by atoms with E-state index in [0.29, 0.717) is 36.7 Å². The zero-order valence-corrected chi connectivity index (χ0v) is 19.3. The number of carbonyl (C=O) groups is 2. The second-order valence-electron chi connectivity index (χ2n) is 7.66. The molecular weight excluding hydrogens is 432 g/mol. The lowest BCUT2D eigenvalue weighted by Crippen LogP contribution is -2.20. The number of hydrogen-bond donors (Lipinski definition) is 1. The van der Waals surface area contributed by atoms with E-state index in [2.05, 4.69) is 10.7 Å². The molecule has 176 valence electrons. The van der Waals surface area contributed by atoms with Crippen LogP contribution in [0.25, 0.3) is 0 Å². The Morgan fingerprint density at radius 2 is 2.00 bits per heavy atom. The van der Waals surface area contributed by atoms with E-state index in [9.17, 15) is 9.59 Å². The topological polar surface area (TPSA) is 90.6 Å². The number of rotatable bonds is 12. The molecule has 1 aliphatic rings. The van der Waals surface area contributed by atoms with Crippen LogP contribution < -0.4 is 4.74 Å². The summed E-state index contributed by atoms with van der Waals surface area (Å²) in [5.74, 6) is 0.00741. The van der Waals surface area contributed by atoms with E-state index in [1.807, 2.05) is 41.0 Å². The Morgan fingerprint density at radius 3 is 2.74 bits per heavy atom. The molecule has 1 N–H and O–H groups in total. The number of methoxy groups -OCH3 is 1. The molecule has 3 rings (SSSR count). The molecule has 0 bridgehead atoms. The van der Waals surface area contributed by atoms with Crippen LogP contribution in [0.1, 0.15) is 35.9 Å². The normalized spacial score (nSPS) is 13.9. The quantitative estimate of drug-likeness (QED) is 0.370. The SMILES string of the molecule is COc1ccc(C(=O)c2nccn2CC/C=C/C2=CC=C(CCO[C@H](C)C(=O)O)C=C=C2)cc1. The van der Waals surface area contributed by atoms with Crippen LogP contribution in [0.4, 0.5) is 0 Å². The van der Waals surface area contributed by atoms with Gasteiger partial charge in [0.2, 0.25) is 5.78 Å². The highest BCUT2D eigenvalue weighted by molar-refractivity contribution is 6.06. The number of aliphatic carboxylic acids is 1. The summed E-state index contributed by atoms with van der Waals surface area (Å²) in [7, 11) is 1.59. The zero-order chi connectivity index (χ0) is 24.3. The predicted molar refractivity (Wildman–Crippen MR) is 129 cm³/mol. The number of ketones is 1. The van der Waals surface area contributed by atoms with Gasteiger partial charge in [0, 0.05) is 24.5 Å². The molecule has 1 heterocycles. The molecule has 0 saturated carbocycles. The van der Waals surface area contributed by atoms with E-state index in [0.717, 1.165) is 17.6 Å². The molecule has 0 radical (unpaired) electrons. The number of nitrogens with zero attached hydrogens (tertiary/aromatic N) is 2. The highest BCUT2D eigenvalue weighted by Gasteiger charge is 2.15. The number of allylic oxidation sites excluding steroid dienone is 6. The first-order valence-electron chi connectivity index (χ1n) is 11.0. The lowest BCUT2D eigenvalue weighted by molar-refractivity contribution is -0.149. The summed E-state index contributed by atoms with van der Waals surface area (Å²) in [4.78, 5) is 27.9. The van der Waals surface area contributed by atoms with Gasteiger partial charge in [-0.15, -0.1) is 5.73 Å². The second kappa shape index (κ2) is 12.3. The Kier molecular flexibility index (Phi) is 8.97. The molecule has 0 amide bonds. The van der Waals surface area contributed by atoms with Crippen LogP contribution in [0.5, 0.6) is 5.75 Å². The number of carboxylic acids is 1. The van der Waals surface area contributed by atoms with Crippen LogP contribution >= 0.6 is 0 Å². The second-order valence-corrected chi connectivity index (χ2v) is 7.66. The fourth-order valence-electron chi connectivity index (χ4n) is 3.23. The summed E-state index contributed by atoms with van der Waals surface area (Å²) in [6, 6.07) is 6.99. The van der Waals surface area contributed by atoms with E-state index in [-0.39, 0.29) is 5.78 Å².